The van der Waals surface area contributed by atoms with Crippen LogP contribution in [0.1, 0.15) is 27.9 Å². The molecule has 1 fully saturated rings. The lowest BCUT2D eigenvalue weighted by atomic mass is 9.60. The Hall–Kier alpha value is -3.65. The Labute approximate surface area is 224 Å². The van der Waals surface area contributed by atoms with Gasteiger partial charge in [-0.2, -0.15) is 0 Å². The van der Waals surface area contributed by atoms with Crippen molar-refractivity contribution in [3.8, 4) is 5.75 Å². The normalized spacial score (nSPS) is 30.9. The van der Waals surface area contributed by atoms with E-state index in [1.165, 1.54) is 0 Å². The third-order valence-electron chi connectivity index (χ3n) is 8.39. The molecule has 1 aromatic rings. The predicted molar refractivity (Wildman–Crippen MR) is 138 cm³/mol. The molecule has 1 saturated heterocycles. The highest BCUT2D eigenvalue weighted by molar-refractivity contribution is 6.15. The van der Waals surface area contributed by atoms with Crippen LogP contribution in [0.15, 0.2) is 28.7 Å². The number of likely N-dealkylation sites (N-methyl/N-ethyl adjacent to an activating group) is 1. The number of rotatable bonds is 7. The van der Waals surface area contributed by atoms with E-state index in [0.29, 0.717) is 16.8 Å². The molecule has 13 heteroatoms. The van der Waals surface area contributed by atoms with Gasteiger partial charge in [0, 0.05) is 43.4 Å². The molecule has 210 valence electrons. The molecule has 9 N–H and O–H groups in total. The summed E-state index contributed by atoms with van der Waals surface area (Å²) in [5.74, 6) is -7.26. The zero-order valence-corrected chi connectivity index (χ0v) is 22.1. The summed E-state index contributed by atoms with van der Waals surface area (Å²) in [7, 11) is 6.94. The number of epoxide rings is 1. The first-order valence-electron chi connectivity index (χ1n) is 12.5. The number of fused-ring (bicyclic) bond motifs is 2. The number of phenolic OH excluding ortho intramolecular Hbond substituents is 1. The Bertz CT molecular complexity index is 1380. The van der Waals surface area contributed by atoms with E-state index >= 15 is 0 Å². The van der Waals surface area contributed by atoms with Crippen molar-refractivity contribution in [3.05, 3.63) is 45.4 Å². The number of carbonyl (C=O) groups excluding carboxylic acids is 3. The molecule has 0 radical (unpaired) electrons. The first kappa shape index (κ1) is 26.9. The summed E-state index contributed by atoms with van der Waals surface area (Å²) in [6.07, 6.45) is 0.496. The Balaban J connectivity index is 1.67. The van der Waals surface area contributed by atoms with Crippen LogP contribution in [-0.4, -0.2) is 95.1 Å². The first-order chi connectivity index (χ1) is 18.2. The Morgan fingerprint density at radius 1 is 1.18 bits per heavy atom. The van der Waals surface area contributed by atoms with Crippen LogP contribution < -0.4 is 21.7 Å². The lowest BCUT2D eigenvalue weighted by Gasteiger charge is -2.46. The number of hydrogen-bond donors (Lipinski definition) is 7. The number of allylic oxidation sites excluding steroid dienone is 1. The fourth-order valence-electron chi connectivity index (χ4n) is 6.82. The minimum absolute atomic E-state index is 0.00222. The van der Waals surface area contributed by atoms with Gasteiger partial charge in [0.05, 0.1) is 18.2 Å². The maximum Gasteiger partial charge on any atom is 0.253 e. The molecule has 39 heavy (non-hydrogen) atoms. The van der Waals surface area contributed by atoms with Crippen LogP contribution in [0, 0.1) is 11.8 Å². The third kappa shape index (κ3) is 3.50. The van der Waals surface area contributed by atoms with E-state index in [0.717, 1.165) is 0 Å². The van der Waals surface area contributed by atoms with Crippen molar-refractivity contribution in [2.24, 2.45) is 23.3 Å². The molecule has 1 unspecified atom stereocenters. The Morgan fingerprint density at radius 2 is 1.85 bits per heavy atom. The average molecular weight is 544 g/mol. The van der Waals surface area contributed by atoms with Crippen LogP contribution in [0.2, 0.25) is 0 Å². The first-order valence-corrected chi connectivity index (χ1v) is 12.5. The molecule has 1 heterocycles. The number of primary amides is 2. The molecular weight excluding hydrogens is 510 g/mol. The predicted octanol–water partition coefficient (Wildman–Crippen LogP) is -1.08. The summed E-state index contributed by atoms with van der Waals surface area (Å²) in [6.45, 7) is -0.0821. The molecule has 0 bridgehead atoms. The highest BCUT2D eigenvalue weighted by atomic mass is 16.8. The maximum atomic E-state index is 14.0. The highest BCUT2D eigenvalue weighted by Crippen LogP contribution is 2.68. The second-order valence-electron chi connectivity index (χ2n) is 11.1. The number of nitrogens with zero attached hydrogens (tertiary/aromatic N) is 2. The number of hydrogen-bond acceptors (Lipinski definition) is 11. The van der Waals surface area contributed by atoms with Crippen molar-refractivity contribution in [1.29, 1.82) is 0 Å². The van der Waals surface area contributed by atoms with E-state index in [9.17, 15) is 34.8 Å². The fraction of sp³-hybridized carbons (Fsp3) is 0.500. The number of ether oxygens (including phenoxy) is 1. The molecule has 3 aliphatic carbocycles. The van der Waals surface area contributed by atoms with Crippen LogP contribution in [-0.2, 0) is 27.3 Å². The number of benzene rings is 1. The van der Waals surface area contributed by atoms with Gasteiger partial charge in [0.1, 0.15) is 22.8 Å². The zero-order valence-electron chi connectivity index (χ0n) is 22.1. The number of carbonyl (C=O) groups is 3. The Morgan fingerprint density at radius 3 is 2.41 bits per heavy atom. The van der Waals surface area contributed by atoms with E-state index < -0.39 is 64.0 Å². The monoisotopic (exact) mass is 543 g/mol. The standard InChI is InChI=1S/C26H33N5O8/c1-30(2)14-7-11(8-29-9-15(27)32)20(33)17-12(14)5-10-6-13-19(31(3)4)22(35)18(24(28)37)26(38)25(13,39-26)23(36)16(10)21(17)34/h7,10,13,19,29,33,35-36,38H,5-6,8-9H2,1-4H3,(H2,27,32)(H2,28,37)/t10-,13-,19-,25-,26?/m0/s1. The molecule has 5 rings (SSSR count). The Kier molecular flexibility index (Phi) is 5.99. The summed E-state index contributed by atoms with van der Waals surface area (Å²) in [5, 5.41) is 48.0. The minimum atomic E-state index is -2.40. The molecule has 4 aliphatic rings. The second-order valence-corrected chi connectivity index (χ2v) is 11.1. The quantitative estimate of drug-likeness (QED) is 0.205. The summed E-state index contributed by atoms with van der Waals surface area (Å²) < 4.78 is 5.70. The van der Waals surface area contributed by atoms with Gasteiger partial charge in [-0.3, -0.25) is 19.3 Å². The third-order valence-corrected chi connectivity index (χ3v) is 8.39. The molecule has 1 aromatic carbocycles. The van der Waals surface area contributed by atoms with Crippen molar-refractivity contribution in [2.45, 2.75) is 36.8 Å². The van der Waals surface area contributed by atoms with Gasteiger partial charge in [-0.25, -0.2) is 0 Å². The number of ketones is 1. The minimum Gasteiger partial charge on any atom is -0.510 e. The molecule has 5 atom stereocenters. The van der Waals surface area contributed by atoms with Crippen LogP contribution in [0.25, 0.3) is 0 Å². The van der Waals surface area contributed by atoms with Crippen molar-refractivity contribution in [3.63, 3.8) is 0 Å². The second kappa shape index (κ2) is 8.68. The van der Waals surface area contributed by atoms with Gasteiger partial charge in [-0.05, 0) is 44.5 Å². The number of aliphatic hydroxyl groups excluding tert-OH is 2. The summed E-state index contributed by atoms with van der Waals surface area (Å²) in [4.78, 5) is 40.9. The molecule has 13 nitrogen and oxygen atoms in total. The van der Waals surface area contributed by atoms with Gasteiger partial charge in [0.2, 0.25) is 11.7 Å². The summed E-state index contributed by atoms with van der Waals surface area (Å²) in [6, 6.07) is 0.893. The number of Topliss-reactive ketones (excluding diaryl/α,β-unsaturated/α-hetero) is 1. The highest BCUT2D eigenvalue weighted by Gasteiger charge is 2.84. The summed E-state index contributed by atoms with van der Waals surface area (Å²) >= 11 is 0. The molecule has 1 aliphatic heterocycles. The lowest BCUT2D eigenvalue weighted by molar-refractivity contribution is -0.118. The number of phenols is 1. The topological polar surface area (TPSA) is 215 Å². The van der Waals surface area contributed by atoms with Crippen LogP contribution in [0.4, 0.5) is 5.69 Å². The largest absolute Gasteiger partial charge is 0.510 e. The number of aliphatic hydroxyl groups is 3. The number of anilines is 1. The molecular formula is C26H33N5O8. The van der Waals surface area contributed by atoms with Crippen molar-refractivity contribution in [2.75, 3.05) is 39.6 Å². The average Bonchev–Trinajstić information content (AvgIpc) is 3.45. The van der Waals surface area contributed by atoms with E-state index in [4.69, 9.17) is 16.2 Å². The summed E-state index contributed by atoms with van der Waals surface area (Å²) in [5.41, 5.74) is 9.86. The van der Waals surface area contributed by atoms with Crippen molar-refractivity contribution in [1.82, 2.24) is 10.2 Å². The van der Waals surface area contributed by atoms with Gasteiger partial charge in [-0.1, -0.05) is 0 Å². The molecule has 1 spiro atoms. The van der Waals surface area contributed by atoms with Gasteiger partial charge in [0.25, 0.3) is 5.91 Å². The van der Waals surface area contributed by atoms with E-state index in [1.807, 2.05) is 4.90 Å². The van der Waals surface area contributed by atoms with Crippen molar-refractivity contribution >= 4 is 23.3 Å². The molecule has 2 amide bonds. The van der Waals surface area contributed by atoms with Gasteiger partial charge in [-0.15, -0.1) is 0 Å². The fourth-order valence-corrected chi connectivity index (χ4v) is 6.82. The van der Waals surface area contributed by atoms with Gasteiger partial charge < -0.3 is 46.8 Å². The molecule has 0 saturated carbocycles. The SMILES string of the molecule is CN(C)c1cc(CNCC(N)=O)c(O)c2c1C[C@H]1C[C@H]3[C@H](N(C)C)C(O)=C(C(N)=O)C4(O)O[C@]34C(O)=C1C2=O. The number of nitrogens with two attached hydrogens (primary N) is 2. The van der Waals surface area contributed by atoms with Gasteiger partial charge in [0.15, 0.2) is 11.4 Å². The maximum absolute atomic E-state index is 14.0. The van der Waals surface area contributed by atoms with Gasteiger partial charge >= 0.3 is 0 Å². The van der Waals surface area contributed by atoms with E-state index in [2.05, 4.69) is 5.32 Å². The number of aromatic hydroxyl groups is 1. The van der Waals surface area contributed by atoms with Crippen LogP contribution in [0.5, 0.6) is 5.75 Å². The number of nitrogens with one attached hydrogen (secondary N) is 1. The van der Waals surface area contributed by atoms with Crippen LogP contribution in [0.3, 0.4) is 0 Å². The smallest absolute Gasteiger partial charge is 0.253 e. The van der Waals surface area contributed by atoms with Crippen LogP contribution >= 0.6 is 0 Å². The van der Waals surface area contributed by atoms with Crippen molar-refractivity contribution < 1.29 is 39.5 Å². The van der Waals surface area contributed by atoms with E-state index in [1.54, 1.807) is 39.2 Å². The van der Waals surface area contributed by atoms with E-state index in [-0.39, 0.29) is 42.8 Å². The zero-order chi connectivity index (χ0) is 28.8. The lowest BCUT2D eigenvalue weighted by Crippen LogP contribution is -2.57. The molecule has 0 aromatic heterocycles. The number of amides is 2.